The molecule has 0 saturated carbocycles. The Morgan fingerprint density at radius 2 is 2.12 bits per heavy atom. The monoisotopic (exact) mass is 229 g/mol. The van der Waals surface area contributed by atoms with Gasteiger partial charge in [-0.25, -0.2) is 13.6 Å². The normalized spacial score (nSPS) is 14.2. The Hall–Kier alpha value is -1.49. The van der Waals surface area contributed by atoms with Gasteiger partial charge >= 0.3 is 5.97 Å². The van der Waals surface area contributed by atoms with E-state index in [9.17, 15) is 13.6 Å². The number of carbonyl (C=O) groups is 1. The number of ether oxygens (including phenoxy) is 1. The maximum absolute atomic E-state index is 14.3. The summed E-state index contributed by atoms with van der Waals surface area (Å²) in [6.45, 7) is 0.891. The molecule has 0 fully saturated rings. The molecule has 2 N–H and O–H groups in total. The largest absolute Gasteiger partial charge is 0.463 e. The van der Waals surface area contributed by atoms with Crippen LogP contribution in [0.5, 0.6) is 0 Å². The van der Waals surface area contributed by atoms with Gasteiger partial charge in [0.2, 0.25) is 5.67 Å². The van der Waals surface area contributed by atoms with Crippen LogP contribution in [0.25, 0.3) is 0 Å². The van der Waals surface area contributed by atoms with E-state index >= 15 is 0 Å². The molecule has 0 aliphatic heterocycles. The molecule has 0 radical (unpaired) electrons. The summed E-state index contributed by atoms with van der Waals surface area (Å²) >= 11 is 0. The molecule has 1 aromatic rings. The van der Waals surface area contributed by atoms with Crippen LogP contribution < -0.4 is 5.73 Å². The lowest BCUT2D eigenvalue weighted by molar-refractivity contribution is -0.157. The number of hydrogen-bond acceptors (Lipinski definition) is 3. The number of esters is 1. The fourth-order valence-corrected chi connectivity index (χ4v) is 1.33. The zero-order valence-electron chi connectivity index (χ0n) is 8.87. The van der Waals surface area contributed by atoms with E-state index in [-0.39, 0.29) is 6.61 Å². The van der Waals surface area contributed by atoms with E-state index in [1.807, 2.05) is 0 Å². The van der Waals surface area contributed by atoms with Gasteiger partial charge in [0.25, 0.3) is 0 Å². The number of rotatable bonds is 4. The van der Waals surface area contributed by atoms with Crippen molar-refractivity contribution in [1.29, 1.82) is 0 Å². The van der Waals surface area contributed by atoms with Gasteiger partial charge in [0.1, 0.15) is 5.82 Å². The first-order valence-corrected chi connectivity index (χ1v) is 4.87. The predicted molar refractivity (Wildman–Crippen MR) is 54.9 cm³/mol. The Kier molecular flexibility index (Phi) is 3.95. The molecule has 0 amide bonds. The summed E-state index contributed by atoms with van der Waals surface area (Å²) in [6, 6.07) is 5.08. The van der Waals surface area contributed by atoms with E-state index in [1.54, 1.807) is 0 Å². The summed E-state index contributed by atoms with van der Waals surface area (Å²) in [7, 11) is 0. The number of carbonyl (C=O) groups excluding carboxylic acids is 1. The molecule has 0 aliphatic rings. The van der Waals surface area contributed by atoms with Crippen LogP contribution in [0, 0.1) is 5.82 Å². The lowest BCUT2D eigenvalue weighted by Crippen LogP contribution is -2.40. The summed E-state index contributed by atoms with van der Waals surface area (Å²) in [5.41, 5.74) is 2.18. The van der Waals surface area contributed by atoms with Crippen molar-refractivity contribution in [2.24, 2.45) is 5.73 Å². The van der Waals surface area contributed by atoms with Gasteiger partial charge < -0.3 is 10.5 Å². The average molecular weight is 229 g/mol. The smallest absolute Gasteiger partial charge is 0.350 e. The van der Waals surface area contributed by atoms with Crippen LogP contribution in [0.2, 0.25) is 0 Å². The average Bonchev–Trinajstić information content (AvgIpc) is 2.29. The van der Waals surface area contributed by atoms with Gasteiger partial charge in [0.15, 0.2) is 0 Å². The Morgan fingerprint density at radius 1 is 1.50 bits per heavy atom. The lowest BCUT2D eigenvalue weighted by atomic mass is 9.95. The summed E-state index contributed by atoms with van der Waals surface area (Å²) in [4.78, 5) is 11.4. The molecule has 0 spiro atoms. The number of hydrogen-bond donors (Lipinski definition) is 1. The molecular weight excluding hydrogens is 216 g/mol. The first-order valence-electron chi connectivity index (χ1n) is 4.87. The van der Waals surface area contributed by atoms with Crippen LogP contribution >= 0.6 is 0 Å². The zero-order chi connectivity index (χ0) is 12.2. The van der Waals surface area contributed by atoms with Gasteiger partial charge in [-0.2, -0.15) is 0 Å². The Morgan fingerprint density at radius 3 is 2.62 bits per heavy atom. The van der Waals surface area contributed by atoms with Gasteiger partial charge in [0, 0.05) is 12.1 Å². The maximum atomic E-state index is 14.3. The molecule has 1 rings (SSSR count). The molecule has 0 saturated heterocycles. The summed E-state index contributed by atoms with van der Waals surface area (Å²) in [5, 5.41) is 0. The van der Waals surface area contributed by atoms with E-state index in [2.05, 4.69) is 4.74 Å². The number of benzene rings is 1. The van der Waals surface area contributed by atoms with E-state index in [4.69, 9.17) is 5.73 Å². The van der Waals surface area contributed by atoms with Gasteiger partial charge in [-0.3, -0.25) is 0 Å². The molecule has 1 unspecified atom stereocenters. The Balaban J connectivity index is 3.14. The second kappa shape index (κ2) is 5.03. The quantitative estimate of drug-likeness (QED) is 0.796. The molecule has 0 bridgehead atoms. The molecular formula is C11H13F2NO2. The van der Waals surface area contributed by atoms with Crippen molar-refractivity contribution in [1.82, 2.24) is 0 Å². The van der Waals surface area contributed by atoms with Crippen molar-refractivity contribution in [3.63, 3.8) is 0 Å². The fourth-order valence-electron chi connectivity index (χ4n) is 1.33. The van der Waals surface area contributed by atoms with E-state index in [1.165, 1.54) is 25.1 Å². The van der Waals surface area contributed by atoms with Gasteiger partial charge in [-0.1, -0.05) is 18.2 Å². The highest BCUT2D eigenvalue weighted by atomic mass is 19.1. The van der Waals surface area contributed by atoms with Crippen molar-refractivity contribution in [3.8, 4) is 0 Å². The molecule has 16 heavy (non-hydrogen) atoms. The zero-order valence-corrected chi connectivity index (χ0v) is 8.87. The van der Waals surface area contributed by atoms with Crippen molar-refractivity contribution >= 4 is 5.97 Å². The van der Waals surface area contributed by atoms with Gasteiger partial charge in [0.05, 0.1) is 6.61 Å². The Bertz CT molecular complexity index is 384. The molecule has 88 valence electrons. The molecule has 1 atom stereocenters. The third-order valence-corrected chi connectivity index (χ3v) is 2.18. The number of halogens is 2. The minimum Gasteiger partial charge on any atom is -0.463 e. The van der Waals surface area contributed by atoms with Crippen LogP contribution in [0.4, 0.5) is 8.78 Å². The molecule has 1 aromatic carbocycles. The minimum atomic E-state index is -2.62. The topological polar surface area (TPSA) is 52.3 Å². The van der Waals surface area contributed by atoms with Crippen LogP contribution in [-0.2, 0) is 15.2 Å². The fraction of sp³-hybridized carbons (Fsp3) is 0.364. The van der Waals surface area contributed by atoms with Crippen molar-refractivity contribution in [2.45, 2.75) is 12.6 Å². The van der Waals surface area contributed by atoms with E-state index in [0.717, 1.165) is 6.07 Å². The van der Waals surface area contributed by atoms with E-state index < -0.39 is 29.6 Å². The number of nitrogens with two attached hydrogens (primary N) is 1. The SMILES string of the molecule is CCOC(=O)C(F)(CN)c1ccccc1F. The summed E-state index contributed by atoms with van der Waals surface area (Å²) < 4.78 is 32.2. The highest BCUT2D eigenvalue weighted by molar-refractivity contribution is 5.81. The number of alkyl halides is 1. The minimum absolute atomic E-state index is 0.0129. The second-order valence-electron chi connectivity index (χ2n) is 3.21. The molecule has 0 heterocycles. The first-order chi connectivity index (χ1) is 7.56. The predicted octanol–water partition coefficient (Wildman–Crippen LogP) is 1.51. The van der Waals surface area contributed by atoms with Crippen molar-refractivity contribution in [3.05, 3.63) is 35.6 Å². The summed E-state index contributed by atoms with van der Waals surface area (Å²) in [6.07, 6.45) is 0. The Labute approximate surface area is 92.2 Å². The summed E-state index contributed by atoms with van der Waals surface area (Å²) in [5.74, 6) is -1.98. The van der Waals surface area contributed by atoms with Crippen LogP contribution in [0.1, 0.15) is 12.5 Å². The maximum Gasteiger partial charge on any atom is 0.350 e. The van der Waals surface area contributed by atoms with Crippen LogP contribution in [-0.4, -0.2) is 19.1 Å². The van der Waals surface area contributed by atoms with Crippen LogP contribution in [0.15, 0.2) is 24.3 Å². The standard InChI is InChI=1S/C11H13F2NO2/c1-2-16-10(15)11(13,7-14)8-5-3-4-6-9(8)12/h3-6H,2,7,14H2,1H3. The highest BCUT2D eigenvalue weighted by Gasteiger charge is 2.42. The van der Waals surface area contributed by atoms with Gasteiger partial charge in [-0.15, -0.1) is 0 Å². The third kappa shape index (κ3) is 2.19. The molecule has 3 nitrogen and oxygen atoms in total. The van der Waals surface area contributed by atoms with Gasteiger partial charge in [-0.05, 0) is 13.0 Å². The highest BCUT2D eigenvalue weighted by Crippen LogP contribution is 2.28. The van der Waals surface area contributed by atoms with E-state index in [0.29, 0.717) is 0 Å². The molecule has 0 aliphatic carbocycles. The van der Waals surface area contributed by atoms with Crippen LogP contribution in [0.3, 0.4) is 0 Å². The van der Waals surface area contributed by atoms with Crippen molar-refractivity contribution in [2.75, 3.05) is 13.2 Å². The van der Waals surface area contributed by atoms with Crippen molar-refractivity contribution < 1.29 is 18.3 Å². The third-order valence-electron chi connectivity index (χ3n) is 2.18. The molecule has 5 heteroatoms. The lowest BCUT2D eigenvalue weighted by Gasteiger charge is -2.22. The molecule has 0 aromatic heterocycles. The first kappa shape index (κ1) is 12.6. The second-order valence-corrected chi connectivity index (χ2v) is 3.21.